The maximum Gasteiger partial charge on any atom is 0.164 e. The number of aliphatic hydroxyl groups is 1. The first-order valence-corrected chi connectivity index (χ1v) is 6.97. The van der Waals surface area contributed by atoms with Crippen molar-refractivity contribution < 1.29 is 13.9 Å². The first kappa shape index (κ1) is 12.8. The number of benzene rings is 1. The Morgan fingerprint density at radius 2 is 2.12 bits per heavy atom. The molecule has 1 nitrogen and oxygen atoms in total. The van der Waals surface area contributed by atoms with Gasteiger partial charge in [0.2, 0.25) is 0 Å². The van der Waals surface area contributed by atoms with Crippen LogP contribution in [-0.4, -0.2) is 16.6 Å². The summed E-state index contributed by atoms with van der Waals surface area (Å²) in [4.78, 5) is 0. The number of aryl methyl sites for hydroxylation is 1. The molecule has 4 heteroatoms. The lowest BCUT2D eigenvalue weighted by Crippen LogP contribution is -2.20. The van der Waals surface area contributed by atoms with Gasteiger partial charge in [-0.3, -0.25) is 0 Å². The van der Waals surface area contributed by atoms with E-state index in [-0.39, 0.29) is 17.0 Å². The molecule has 0 aromatic heterocycles. The van der Waals surface area contributed by atoms with Gasteiger partial charge in [0, 0.05) is 5.56 Å². The minimum Gasteiger partial charge on any atom is -0.388 e. The summed E-state index contributed by atoms with van der Waals surface area (Å²) >= 11 is 1.76. The molecule has 0 saturated carbocycles. The van der Waals surface area contributed by atoms with E-state index in [1.165, 1.54) is 19.1 Å². The predicted octanol–water partition coefficient (Wildman–Crippen LogP) is 3.45. The Kier molecular flexibility index (Phi) is 4.05. The van der Waals surface area contributed by atoms with Gasteiger partial charge in [0.05, 0.1) is 6.10 Å². The molecule has 2 atom stereocenters. The van der Waals surface area contributed by atoms with Gasteiger partial charge in [0.25, 0.3) is 0 Å². The van der Waals surface area contributed by atoms with Crippen LogP contribution in [0.3, 0.4) is 0 Å². The highest BCUT2D eigenvalue weighted by Crippen LogP contribution is 2.34. The molecule has 0 radical (unpaired) electrons. The molecule has 2 unspecified atom stereocenters. The van der Waals surface area contributed by atoms with Gasteiger partial charge in [-0.15, -0.1) is 0 Å². The van der Waals surface area contributed by atoms with Crippen molar-refractivity contribution in [2.75, 3.05) is 11.5 Å². The first-order valence-electron chi connectivity index (χ1n) is 5.81. The molecule has 0 aliphatic carbocycles. The van der Waals surface area contributed by atoms with Crippen LogP contribution >= 0.6 is 11.8 Å². The lowest BCUT2D eigenvalue weighted by molar-refractivity contribution is 0.109. The van der Waals surface area contributed by atoms with Crippen molar-refractivity contribution in [1.82, 2.24) is 0 Å². The number of hydrogen-bond acceptors (Lipinski definition) is 2. The Hall–Kier alpha value is -0.610. The molecule has 0 spiro atoms. The van der Waals surface area contributed by atoms with Gasteiger partial charge in [-0.05, 0) is 42.8 Å². The highest BCUT2D eigenvalue weighted by atomic mass is 32.2. The molecule has 94 valence electrons. The largest absolute Gasteiger partial charge is 0.388 e. The monoisotopic (exact) mass is 258 g/mol. The third kappa shape index (κ3) is 2.63. The fourth-order valence-electron chi connectivity index (χ4n) is 2.16. The molecule has 1 aliphatic heterocycles. The summed E-state index contributed by atoms with van der Waals surface area (Å²) in [7, 11) is 0. The van der Waals surface area contributed by atoms with Crippen LogP contribution < -0.4 is 0 Å². The normalized spacial score (nSPS) is 22.5. The average molecular weight is 258 g/mol. The fourth-order valence-corrected chi connectivity index (χ4v) is 3.35. The minimum absolute atomic E-state index is 0.0327. The SMILES string of the molecule is Cc1ccc(C(O)C2CCCSC2)c(F)c1F. The highest BCUT2D eigenvalue weighted by Gasteiger charge is 2.27. The van der Waals surface area contributed by atoms with Gasteiger partial charge in [0.15, 0.2) is 11.6 Å². The molecule has 17 heavy (non-hydrogen) atoms. The van der Waals surface area contributed by atoms with E-state index >= 15 is 0 Å². The molecule has 1 saturated heterocycles. The van der Waals surface area contributed by atoms with Crippen LogP contribution in [0.15, 0.2) is 12.1 Å². The van der Waals surface area contributed by atoms with Crippen molar-refractivity contribution in [3.05, 3.63) is 34.9 Å². The van der Waals surface area contributed by atoms with Crippen molar-refractivity contribution in [3.8, 4) is 0 Å². The molecule has 1 aromatic rings. The van der Waals surface area contributed by atoms with Crippen LogP contribution in [0.25, 0.3) is 0 Å². The van der Waals surface area contributed by atoms with Crippen LogP contribution in [0.4, 0.5) is 8.78 Å². The molecule has 0 amide bonds. The van der Waals surface area contributed by atoms with Crippen molar-refractivity contribution in [3.63, 3.8) is 0 Å². The summed E-state index contributed by atoms with van der Waals surface area (Å²) in [5.74, 6) is 0.202. The van der Waals surface area contributed by atoms with Crippen LogP contribution in [0.2, 0.25) is 0 Å². The zero-order chi connectivity index (χ0) is 12.4. The Balaban J connectivity index is 2.24. The zero-order valence-corrected chi connectivity index (χ0v) is 10.6. The van der Waals surface area contributed by atoms with Crippen LogP contribution in [0, 0.1) is 24.5 Å². The molecule has 2 rings (SSSR count). The number of thioether (sulfide) groups is 1. The van der Waals surface area contributed by atoms with E-state index in [1.807, 2.05) is 0 Å². The minimum atomic E-state index is -0.895. The number of rotatable bonds is 2. The van der Waals surface area contributed by atoms with E-state index in [0.29, 0.717) is 0 Å². The Morgan fingerprint density at radius 1 is 1.35 bits per heavy atom. The van der Waals surface area contributed by atoms with Gasteiger partial charge in [-0.25, -0.2) is 8.78 Å². The lowest BCUT2D eigenvalue weighted by atomic mass is 9.92. The van der Waals surface area contributed by atoms with Crippen molar-refractivity contribution in [2.24, 2.45) is 5.92 Å². The summed E-state index contributed by atoms with van der Waals surface area (Å²) in [6.07, 6.45) is 1.02. The Bertz CT molecular complexity index is 403. The van der Waals surface area contributed by atoms with Crippen LogP contribution in [-0.2, 0) is 0 Å². The van der Waals surface area contributed by atoms with Gasteiger partial charge in [-0.1, -0.05) is 12.1 Å². The van der Waals surface area contributed by atoms with E-state index < -0.39 is 17.7 Å². The second-order valence-corrected chi connectivity index (χ2v) is 5.67. The second kappa shape index (κ2) is 5.36. The van der Waals surface area contributed by atoms with Crippen molar-refractivity contribution >= 4 is 11.8 Å². The van der Waals surface area contributed by atoms with Gasteiger partial charge in [0.1, 0.15) is 0 Å². The predicted molar refractivity (Wildman–Crippen MR) is 66.1 cm³/mol. The Morgan fingerprint density at radius 3 is 2.76 bits per heavy atom. The van der Waals surface area contributed by atoms with Gasteiger partial charge < -0.3 is 5.11 Å². The van der Waals surface area contributed by atoms with Crippen LogP contribution in [0.5, 0.6) is 0 Å². The van der Waals surface area contributed by atoms with E-state index in [0.717, 1.165) is 24.3 Å². The molecule has 0 bridgehead atoms. The maximum absolute atomic E-state index is 13.7. The summed E-state index contributed by atoms with van der Waals surface area (Å²) in [5, 5.41) is 10.1. The smallest absolute Gasteiger partial charge is 0.164 e. The van der Waals surface area contributed by atoms with E-state index in [9.17, 15) is 13.9 Å². The molecule has 1 N–H and O–H groups in total. The molecule has 1 aromatic carbocycles. The van der Waals surface area contributed by atoms with E-state index in [4.69, 9.17) is 0 Å². The molecule has 1 heterocycles. The summed E-state index contributed by atoms with van der Waals surface area (Å²) in [5.41, 5.74) is 0.372. The molecular weight excluding hydrogens is 242 g/mol. The Labute approximate surface area is 104 Å². The standard InChI is InChI=1S/C13H16F2OS/c1-8-4-5-10(12(15)11(8)14)13(16)9-3-2-6-17-7-9/h4-5,9,13,16H,2-3,6-7H2,1H3. The van der Waals surface area contributed by atoms with Gasteiger partial charge in [-0.2, -0.15) is 11.8 Å². The quantitative estimate of drug-likeness (QED) is 0.876. The highest BCUT2D eigenvalue weighted by molar-refractivity contribution is 7.99. The zero-order valence-electron chi connectivity index (χ0n) is 9.75. The van der Waals surface area contributed by atoms with Crippen molar-refractivity contribution in [2.45, 2.75) is 25.9 Å². The maximum atomic E-state index is 13.7. The lowest BCUT2D eigenvalue weighted by Gasteiger charge is -2.26. The third-order valence-corrected chi connectivity index (χ3v) is 4.51. The van der Waals surface area contributed by atoms with Gasteiger partial charge >= 0.3 is 0 Å². The summed E-state index contributed by atoms with van der Waals surface area (Å²) in [6.45, 7) is 1.52. The second-order valence-electron chi connectivity index (χ2n) is 4.52. The number of hydrogen-bond donors (Lipinski definition) is 1. The molecule has 1 fully saturated rings. The number of halogens is 2. The number of aliphatic hydroxyl groups excluding tert-OH is 1. The first-order chi connectivity index (χ1) is 8.11. The topological polar surface area (TPSA) is 20.2 Å². The molecular formula is C13H16F2OS. The van der Waals surface area contributed by atoms with E-state index in [1.54, 1.807) is 11.8 Å². The van der Waals surface area contributed by atoms with E-state index in [2.05, 4.69) is 0 Å². The summed E-state index contributed by atoms with van der Waals surface area (Å²) < 4.78 is 27.2. The van der Waals surface area contributed by atoms with Crippen LogP contribution in [0.1, 0.15) is 30.1 Å². The van der Waals surface area contributed by atoms with Crippen molar-refractivity contribution in [1.29, 1.82) is 0 Å². The average Bonchev–Trinajstić information content (AvgIpc) is 2.36. The summed E-state index contributed by atoms with van der Waals surface area (Å²) in [6, 6.07) is 3.02. The molecule has 1 aliphatic rings. The fraction of sp³-hybridized carbons (Fsp3) is 0.538. The third-order valence-electron chi connectivity index (χ3n) is 3.27.